The van der Waals surface area contributed by atoms with Crippen molar-refractivity contribution >= 4 is 63.0 Å². The molecule has 48 heavy (non-hydrogen) atoms. The van der Waals surface area contributed by atoms with Gasteiger partial charge in [0.2, 0.25) is 17.7 Å². The van der Waals surface area contributed by atoms with Gasteiger partial charge in [0.05, 0.1) is 5.52 Å². The highest BCUT2D eigenvalue weighted by Gasteiger charge is 2.47. The van der Waals surface area contributed by atoms with E-state index in [1.54, 1.807) is 0 Å². The van der Waals surface area contributed by atoms with Crippen molar-refractivity contribution in [3.63, 3.8) is 0 Å². The maximum Gasteiger partial charge on any atom is 0.434 e. The van der Waals surface area contributed by atoms with Gasteiger partial charge in [-0.25, -0.2) is 14.7 Å². The molecule has 0 aliphatic heterocycles. The molecule has 14 heteroatoms. The van der Waals surface area contributed by atoms with Crippen LogP contribution >= 0.6 is 34.2 Å². The number of aromatic nitrogens is 3. The van der Waals surface area contributed by atoms with Crippen molar-refractivity contribution in [3.8, 4) is 0 Å². The van der Waals surface area contributed by atoms with Crippen molar-refractivity contribution in [2.24, 2.45) is 11.8 Å². The van der Waals surface area contributed by atoms with Crippen molar-refractivity contribution in [1.82, 2.24) is 31.1 Å². The summed E-state index contributed by atoms with van der Waals surface area (Å²) in [4.78, 5) is 57.1. The highest BCUT2D eigenvalue weighted by Crippen LogP contribution is 2.38. The Hall–Kier alpha value is -3.85. The SMILES string of the molecule is CCC(C)[C@H](NC(=O)OCc1ccccc1)C(=O)N[C@]1(C(=O)N[C@H](c2n[nH]c(=O)o2)C(C)CC)CCc2[nH]c3c(I)cc(Cl)cc3c2C1. The van der Waals surface area contributed by atoms with E-state index in [9.17, 15) is 19.2 Å². The first kappa shape index (κ1) is 35.5. The van der Waals surface area contributed by atoms with Crippen molar-refractivity contribution in [2.45, 2.75) is 84.0 Å². The standard InChI is InChI=1S/C34H40ClIN6O6/c1-5-18(3)26(39-32(45)47-17-20-10-8-7-9-11-20)29(43)40-34(31(44)38-27(19(4)6-2)30-41-42-33(46)48-30)13-12-25-23(16-34)22-14-21(35)15-24(36)28(22)37-25/h7-11,14-15,18-19,26-27,37H,5-6,12-13,16-17H2,1-4H3,(H,38,44)(H,39,45)(H,40,43)(H,42,46)/t18?,19?,26-,27-,34+/m0/s1. The Morgan fingerprint density at radius 3 is 2.50 bits per heavy atom. The second-order valence-corrected chi connectivity index (χ2v) is 14.1. The van der Waals surface area contributed by atoms with Crippen molar-refractivity contribution in [2.75, 3.05) is 0 Å². The van der Waals surface area contributed by atoms with Crippen LogP contribution in [-0.2, 0) is 33.8 Å². The molecule has 2 heterocycles. The molecule has 0 saturated carbocycles. The highest BCUT2D eigenvalue weighted by atomic mass is 127. The topological polar surface area (TPSA) is 171 Å². The lowest BCUT2D eigenvalue weighted by Gasteiger charge is -2.39. The molecule has 0 spiro atoms. The summed E-state index contributed by atoms with van der Waals surface area (Å²) in [5, 5.41) is 16.6. The normalized spacial score (nSPS) is 18.3. The maximum absolute atomic E-state index is 14.6. The Bertz CT molecular complexity index is 1840. The zero-order valence-electron chi connectivity index (χ0n) is 27.2. The lowest BCUT2D eigenvalue weighted by molar-refractivity contribution is -0.136. The van der Waals surface area contributed by atoms with Crippen molar-refractivity contribution in [1.29, 1.82) is 0 Å². The van der Waals surface area contributed by atoms with E-state index in [1.165, 1.54) is 0 Å². The number of nitrogens with one attached hydrogen (secondary N) is 5. The molecule has 12 nitrogen and oxygen atoms in total. The van der Waals surface area contributed by atoms with Crippen LogP contribution in [-0.4, -0.2) is 44.7 Å². The number of aryl methyl sites for hydroxylation is 1. The number of rotatable bonds is 12. The number of carbonyl (C=O) groups excluding carboxylic acids is 3. The smallest absolute Gasteiger partial charge is 0.434 e. The molecule has 5 rings (SSSR count). The molecule has 4 aromatic rings. The lowest BCUT2D eigenvalue weighted by Crippen LogP contribution is -2.65. The Morgan fingerprint density at radius 1 is 1.10 bits per heavy atom. The number of hydrogen-bond acceptors (Lipinski definition) is 7. The van der Waals surface area contributed by atoms with E-state index in [0.717, 1.165) is 31.3 Å². The molecule has 0 fully saturated rings. The predicted molar refractivity (Wildman–Crippen MR) is 189 cm³/mol. The zero-order valence-corrected chi connectivity index (χ0v) is 30.2. The molecule has 0 radical (unpaired) electrons. The Labute approximate surface area is 296 Å². The lowest BCUT2D eigenvalue weighted by atomic mass is 9.78. The Morgan fingerprint density at radius 2 is 1.83 bits per heavy atom. The molecular formula is C34H40ClIN6O6. The van der Waals surface area contributed by atoms with Crippen LogP contribution in [0.1, 0.15) is 75.7 Å². The molecule has 1 aliphatic carbocycles. The summed E-state index contributed by atoms with van der Waals surface area (Å²) in [5.41, 5.74) is 2.11. The van der Waals surface area contributed by atoms with Crippen LogP contribution in [0.5, 0.6) is 0 Å². The molecule has 2 aromatic carbocycles. The zero-order chi connectivity index (χ0) is 34.6. The number of hydrogen-bond donors (Lipinski definition) is 5. The minimum absolute atomic E-state index is 0.0406. The third-order valence-corrected chi connectivity index (χ3v) is 10.4. The summed E-state index contributed by atoms with van der Waals surface area (Å²) < 4.78 is 11.7. The number of fused-ring (bicyclic) bond motifs is 3. The van der Waals surface area contributed by atoms with Gasteiger partial charge in [-0.3, -0.25) is 9.59 Å². The van der Waals surface area contributed by atoms with Gasteiger partial charge in [-0.05, 0) is 70.5 Å². The summed E-state index contributed by atoms with van der Waals surface area (Å²) in [6.45, 7) is 7.68. The van der Waals surface area contributed by atoms with E-state index in [1.807, 2.05) is 70.2 Å². The monoisotopic (exact) mass is 790 g/mol. The number of benzene rings is 2. The van der Waals surface area contributed by atoms with Crippen LogP contribution in [0.25, 0.3) is 10.9 Å². The minimum atomic E-state index is -1.43. The fraction of sp³-hybridized carbons (Fsp3) is 0.441. The van der Waals surface area contributed by atoms with Gasteiger partial charge in [-0.2, -0.15) is 0 Å². The van der Waals surface area contributed by atoms with E-state index in [-0.39, 0.29) is 37.2 Å². The van der Waals surface area contributed by atoms with Crippen LogP contribution in [0, 0.1) is 15.4 Å². The van der Waals surface area contributed by atoms with E-state index in [2.05, 4.69) is 53.7 Å². The van der Waals surface area contributed by atoms with Gasteiger partial charge in [0.25, 0.3) is 0 Å². The number of aromatic amines is 2. The largest absolute Gasteiger partial charge is 0.445 e. The fourth-order valence-electron chi connectivity index (χ4n) is 6.07. The third-order valence-electron chi connectivity index (χ3n) is 9.30. The van der Waals surface area contributed by atoms with Crippen molar-refractivity contribution in [3.05, 3.63) is 84.3 Å². The molecule has 1 aliphatic rings. The van der Waals surface area contributed by atoms with Gasteiger partial charge in [-0.1, -0.05) is 82.5 Å². The van der Waals surface area contributed by atoms with Crippen molar-refractivity contribution < 1.29 is 23.5 Å². The van der Waals surface area contributed by atoms with Crippen LogP contribution < -0.4 is 21.7 Å². The highest BCUT2D eigenvalue weighted by molar-refractivity contribution is 14.1. The molecule has 0 saturated heterocycles. The Kier molecular flexibility index (Phi) is 11.2. The van der Waals surface area contributed by atoms with E-state index < -0.39 is 41.3 Å². The first-order valence-electron chi connectivity index (χ1n) is 16.1. The summed E-state index contributed by atoms with van der Waals surface area (Å²) >= 11 is 8.69. The van der Waals surface area contributed by atoms with E-state index >= 15 is 0 Å². The quantitative estimate of drug-likeness (QED) is 0.115. The summed E-state index contributed by atoms with van der Waals surface area (Å²) in [5.74, 6) is -2.10. The van der Waals surface area contributed by atoms with E-state index in [4.69, 9.17) is 20.8 Å². The second kappa shape index (κ2) is 15.1. The fourth-order valence-corrected chi connectivity index (χ4v) is 7.24. The van der Waals surface area contributed by atoms with Crippen LogP contribution in [0.2, 0.25) is 5.02 Å². The molecule has 2 unspecified atom stereocenters. The van der Waals surface area contributed by atoms with Crippen LogP contribution in [0.4, 0.5) is 4.79 Å². The molecular weight excluding hydrogens is 751 g/mol. The van der Waals surface area contributed by atoms with Gasteiger partial charge in [0, 0.05) is 26.1 Å². The number of halogens is 2. The summed E-state index contributed by atoms with van der Waals surface area (Å²) in [6.07, 6.45) is 1.36. The minimum Gasteiger partial charge on any atom is -0.445 e. The van der Waals surface area contributed by atoms with Gasteiger partial charge in [0.15, 0.2) is 0 Å². The number of H-pyrrole nitrogens is 2. The first-order valence-corrected chi connectivity index (χ1v) is 17.5. The molecule has 5 atom stereocenters. The first-order chi connectivity index (χ1) is 22.9. The molecule has 256 valence electrons. The summed E-state index contributed by atoms with van der Waals surface area (Å²) in [6, 6.07) is 11.2. The predicted octanol–water partition coefficient (Wildman–Crippen LogP) is 5.69. The average molecular weight is 791 g/mol. The molecule has 3 amide bonds. The van der Waals surface area contributed by atoms with Gasteiger partial charge >= 0.3 is 11.8 Å². The number of carbonyl (C=O) groups is 3. The average Bonchev–Trinajstić information content (AvgIpc) is 3.67. The van der Waals surface area contributed by atoms with Gasteiger partial charge in [0.1, 0.15) is 24.2 Å². The second-order valence-electron chi connectivity index (χ2n) is 12.5. The molecule has 5 N–H and O–H groups in total. The van der Waals surface area contributed by atoms with Gasteiger partial charge < -0.3 is 30.1 Å². The van der Waals surface area contributed by atoms with Crippen LogP contribution in [0.3, 0.4) is 0 Å². The molecule has 0 bridgehead atoms. The number of ether oxygens (including phenoxy) is 1. The van der Waals surface area contributed by atoms with E-state index in [0.29, 0.717) is 24.3 Å². The third kappa shape index (κ3) is 7.72. The molecule has 2 aromatic heterocycles. The van der Waals surface area contributed by atoms with Gasteiger partial charge in [-0.15, -0.1) is 5.10 Å². The van der Waals surface area contributed by atoms with Crippen LogP contribution in [0.15, 0.2) is 51.7 Å². The number of amides is 3. The number of alkyl carbamates (subject to hydrolysis) is 1. The Balaban J connectivity index is 1.48. The summed E-state index contributed by atoms with van der Waals surface area (Å²) in [7, 11) is 0. The maximum atomic E-state index is 14.6. The number of nitrogens with zero attached hydrogens (tertiary/aromatic N) is 1.